The number of hydrogen-bond donors (Lipinski definition) is 2. The highest BCUT2D eigenvalue weighted by molar-refractivity contribution is 5.82. The number of amides is 1. The van der Waals surface area contributed by atoms with Gasteiger partial charge >= 0.3 is 0 Å². The van der Waals surface area contributed by atoms with Crippen LogP contribution in [0.5, 0.6) is 0 Å². The van der Waals surface area contributed by atoms with Crippen molar-refractivity contribution in [2.24, 2.45) is 0 Å². The highest BCUT2D eigenvalue weighted by atomic mass is 16.3. The van der Waals surface area contributed by atoms with Crippen molar-refractivity contribution in [3.05, 3.63) is 35.9 Å². The molecule has 1 amide bonds. The molecule has 0 radical (unpaired) electrons. The zero-order valence-corrected chi connectivity index (χ0v) is 13.8. The average Bonchev–Trinajstić information content (AvgIpc) is 2.63. The van der Waals surface area contributed by atoms with Gasteiger partial charge < -0.3 is 10.4 Å². The van der Waals surface area contributed by atoms with E-state index in [9.17, 15) is 9.90 Å². The van der Waals surface area contributed by atoms with Crippen LogP contribution in [0.2, 0.25) is 0 Å². The molecule has 3 rings (SSSR count). The lowest BCUT2D eigenvalue weighted by Gasteiger charge is -2.40. The van der Waals surface area contributed by atoms with Gasteiger partial charge in [-0.1, -0.05) is 49.6 Å². The topological polar surface area (TPSA) is 52.6 Å². The zero-order valence-electron chi connectivity index (χ0n) is 13.8. The van der Waals surface area contributed by atoms with Gasteiger partial charge in [-0.2, -0.15) is 0 Å². The first-order chi connectivity index (χ1) is 11.2. The Bertz CT molecular complexity index is 499. The number of aliphatic hydroxyl groups is 1. The van der Waals surface area contributed by atoms with Gasteiger partial charge in [-0.15, -0.1) is 0 Å². The van der Waals surface area contributed by atoms with Crippen LogP contribution < -0.4 is 5.32 Å². The normalized spacial score (nSPS) is 25.0. The SMILES string of the molecule is O=C(NC1CCCN(C2CCCCC2)C1)C(O)c1ccccc1. The molecule has 2 fully saturated rings. The molecular weight excluding hydrogens is 288 g/mol. The van der Waals surface area contributed by atoms with E-state index >= 15 is 0 Å². The summed E-state index contributed by atoms with van der Waals surface area (Å²) in [6.45, 7) is 2.08. The van der Waals surface area contributed by atoms with Crippen molar-refractivity contribution in [2.75, 3.05) is 13.1 Å². The Labute approximate surface area is 138 Å². The van der Waals surface area contributed by atoms with E-state index < -0.39 is 6.10 Å². The first-order valence-electron chi connectivity index (χ1n) is 9.01. The molecular formula is C19H28N2O2. The van der Waals surface area contributed by atoms with E-state index in [-0.39, 0.29) is 11.9 Å². The maximum absolute atomic E-state index is 12.3. The Morgan fingerprint density at radius 2 is 1.83 bits per heavy atom. The summed E-state index contributed by atoms with van der Waals surface area (Å²) in [5, 5.41) is 13.3. The third-order valence-electron chi connectivity index (χ3n) is 5.25. The van der Waals surface area contributed by atoms with Crippen molar-refractivity contribution < 1.29 is 9.90 Å². The monoisotopic (exact) mass is 316 g/mol. The number of piperidine rings is 1. The van der Waals surface area contributed by atoms with Crippen LogP contribution in [0, 0.1) is 0 Å². The number of nitrogens with one attached hydrogen (secondary N) is 1. The fourth-order valence-corrected chi connectivity index (χ4v) is 3.97. The van der Waals surface area contributed by atoms with Crippen molar-refractivity contribution in [2.45, 2.75) is 63.1 Å². The lowest BCUT2D eigenvalue weighted by Crippen LogP contribution is -2.52. The molecule has 1 saturated carbocycles. The quantitative estimate of drug-likeness (QED) is 0.898. The van der Waals surface area contributed by atoms with Gasteiger partial charge in [0.25, 0.3) is 5.91 Å². The number of carbonyl (C=O) groups is 1. The van der Waals surface area contributed by atoms with Gasteiger partial charge in [-0.3, -0.25) is 9.69 Å². The summed E-state index contributed by atoms with van der Waals surface area (Å²) < 4.78 is 0. The van der Waals surface area contributed by atoms with Crippen LogP contribution in [0.1, 0.15) is 56.6 Å². The second-order valence-electron chi connectivity index (χ2n) is 6.95. The van der Waals surface area contributed by atoms with Gasteiger partial charge in [0.2, 0.25) is 0 Å². The number of rotatable bonds is 4. The van der Waals surface area contributed by atoms with Crippen LogP contribution >= 0.6 is 0 Å². The van der Waals surface area contributed by atoms with E-state index in [1.54, 1.807) is 12.1 Å². The van der Waals surface area contributed by atoms with Crippen LogP contribution in [0.4, 0.5) is 0 Å². The first kappa shape index (κ1) is 16.5. The standard InChI is InChI=1S/C19H28N2O2/c22-18(15-8-3-1-4-9-15)19(23)20-16-10-7-13-21(14-16)17-11-5-2-6-12-17/h1,3-4,8-9,16-18,22H,2,5-7,10-14H2,(H,20,23). The van der Waals surface area contributed by atoms with E-state index in [2.05, 4.69) is 10.2 Å². The van der Waals surface area contributed by atoms with E-state index in [0.29, 0.717) is 11.6 Å². The Balaban J connectivity index is 1.53. The third-order valence-corrected chi connectivity index (χ3v) is 5.25. The van der Waals surface area contributed by atoms with Crippen molar-refractivity contribution in [3.8, 4) is 0 Å². The Morgan fingerprint density at radius 1 is 1.09 bits per heavy atom. The predicted molar refractivity (Wildman–Crippen MR) is 91.0 cm³/mol. The summed E-state index contributed by atoms with van der Waals surface area (Å²) >= 11 is 0. The Morgan fingerprint density at radius 3 is 2.57 bits per heavy atom. The van der Waals surface area contributed by atoms with Crippen molar-refractivity contribution in [1.82, 2.24) is 10.2 Å². The zero-order chi connectivity index (χ0) is 16.1. The Hall–Kier alpha value is -1.39. The predicted octanol–water partition coefficient (Wildman–Crippen LogP) is 2.63. The number of nitrogens with zero attached hydrogens (tertiary/aromatic N) is 1. The lowest BCUT2D eigenvalue weighted by atomic mass is 9.92. The summed E-state index contributed by atoms with van der Waals surface area (Å²) in [7, 11) is 0. The molecule has 1 aliphatic carbocycles. The molecule has 2 unspecified atom stereocenters. The van der Waals surface area contributed by atoms with E-state index in [1.165, 1.54) is 32.1 Å². The molecule has 23 heavy (non-hydrogen) atoms. The molecule has 0 bridgehead atoms. The summed E-state index contributed by atoms with van der Waals surface area (Å²) in [6, 6.07) is 10.0. The second-order valence-corrected chi connectivity index (χ2v) is 6.95. The fraction of sp³-hybridized carbons (Fsp3) is 0.632. The highest BCUT2D eigenvalue weighted by Gasteiger charge is 2.29. The molecule has 2 atom stereocenters. The molecule has 0 aromatic heterocycles. The maximum atomic E-state index is 12.3. The minimum Gasteiger partial charge on any atom is -0.378 e. The molecule has 2 N–H and O–H groups in total. The molecule has 1 heterocycles. The molecule has 1 saturated heterocycles. The van der Waals surface area contributed by atoms with Gasteiger partial charge in [0.1, 0.15) is 0 Å². The lowest BCUT2D eigenvalue weighted by molar-refractivity contribution is -0.130. The maximum Gasteiger partial charge on any atom is 0.253 e. The number of likely N-dealkylation sites (tertiary alicyclic amines) is 1. The minimum absolute atomic E-state index is 0.163. The molecule has 4 nitrogen and oxygen atoms in total. The summed E-state index contributed by atoms with van der Waals surface area (Å²) in [5.41, 5.74) is 0.657. The summed E-state index contributed by atoms with van der Waals surface area (Å²) in [5.74, 6) is -0.272. The molecule has 126 valence electrons. The first-order valence-corrected chi connectivity index (χ1v) is 9.01. The van der Waals surface area contributed by atoms with Crippen LogP contribution in [0.3, 0.4) is 0 Å². The largest absolute Gasteiger partial charge is 0.378 e. The number of aliphatic hydroxyl groups excluding tert-OH is 1. The van der Waals surface area contributed by atoms with Crippen LogP contribution in [-0.4, -0.2) is 41.1 Å². The molecule has 1 aromatic carbocycles. The van der Waals surface area contributed by atoms with Crippen molar-refractivity contribution >= 4 is 5.91 Å². The number of carbonyl (C=O) groups excluding carboxylic acids is 1. The molecule has 1 aromatic rings. The number of hydrogen-bond acceptors (Lipinski definition) is 3. The third kappa shape index (κ3) is 4.33. The van der Waals surface area contributed by atoms with Gasteiger partial charge in [-0.05, 0) is 37.8 Å². The Kier molecular flexibility index (Phi) is 5.68. The van der Waals surface area contributed by atoms with Gasteiger partial charge in [0.15, 0.2) is 6.10 Å². The minimum atomic E-state index is -1.07. The van der Waals surface area contributed by atoms with Crippen LogP contribution in [0.15, 0.2) is 30.3 Å². The average molecular weight is 316 g/mol. The van der Waals surface area contributed by atoms with Gasteiger partial charge in [0.05, 0.1) is 0 Å². The van der Waals surface area contributed by atoms with Crippen molar-refractivity contribution in [3.63, 3.8) is 0 Å². The van der Waals surface area contributed by atoms with E-state index in [1.807, 2.05) is 18.2 Å². The fourth-order valence-electron chi connectivity index (χ4n) is 3.97. The van der Waals surface area contributed by atoms with E-state index in [0.717, 1.165) is 25.9 Å². The van der Waals surface area contributed by atoms with Crippen LogP contribution in [0.25, 0.3) is 0 Å². The molecule has 0 spiro atoms. The molecule has 2 aliphatic rings. The van der Waals surface area contributed by atoms with Crippen LogP contribution in [-0.2, 0) is 4.79 Å². The van der Waals surface area contributed by atoms with Gasteiger partial charge in [-0.25, -0.2) is 0 Å². The summed E-state index contributed by atoms with van der Waals surface area (Å²) in [6.07, 6.45) is 7.71. The van der Waals surface area contributed by atoms with Crippen molar-refractivity contribution in [1.29, 1.82) is 0 Å². The number of benzene rings is 1. The smallest absolute Gasteiger partial charge is 0.253 e. The van der Waals surface area contributed by atoms with Gasteiger partial charge in [0, 0.05) is 18.6 Å². The summed E-state index contributed by atoms with van der Waals surface area (Å²) in [4.78, 5) is 14.9. The molecule has 1 aliphatic heterocycles. The molecule has 4 heteroatoms. The second kappa shape index (κ2) is 7.93. The van der Waals surface area contributed by atoms with E-state index in [4.69, 9.17) is 0 Å². The highest BCUT2D eigenvalue weighted by Crippen LogP contribution is 2.25.